The van der Waals surface area contributed by atoms with Crippen molar-refractivity contribution in [3.8, 4) is 0 Å². The van der Waals surface area contributed by atoms with Crippen molar-refractivity contribution in [3.63, 3.8) is 0 Å². The van der Waals surface area contributed by atoms with E-state index >= 15 is 0 Å². The molecule has 0 saturated heterocycles. The Morgan fingerprint density at radius 2 is 1.80 bits per heavy atom. The molecule has 1 aromatic heterocycles. The second kappa shape index (κ2) is 4.46. The van der Waals surface area contributed by atoms with Gasteiger partial charge in [-0.3, -0.25) is 0 Å². The van der Waals surface area contributed by atoms with Gasteiger partial charge in [-0.15, -0.1) is 11.3 Å². The van der Waals surface area contributed by atoms with Crippen molar-refractivity contribution in [1.82, 2.24) is 4.98 Å². The van der Waals surface area contributed by atoms with Gasteiger partial charge in [0.1, 0.15) is 4.34 Å². The smallest absolute Gasteiger partial charge is 0.150 e. The van der Waals surface area contributed by atoms with E-state index < -0.39 is 0 Å². The van der Waals surface area contributed by atoms with Crippen LogP contribution >= 0.6 is 23.1 Å². The van der Waals surface area contributed by atoms with Gasteiger partial charge in [-0.25, -0.2) is 4.98 Å². The highest BCUT2D eigenvalue weighted by atomic mass is 32.2. The molecule has 0 radical (unpaired) electrons. The molecule has 0 aliphatic carbocycles. The first-order chi connectivity index (χ1) is 6.68. The van der Waals surface area contributed by atoms with Crippen molar-refractivity contribution >= 4 is 23.1 Å². The molecule has 1 nitrogen and oxygen atoms in total. The molecule has 0 bridgehead atoms. The number of rotatable bonds is 2. The van der Waals surface area contributed by atoms with E-state index in [0.717, 1.165) is 5.75 Å². The van der Waals surface area contributed by atoms with Gasteiger partial charge < -0.3 is 0 Å². The van der Waals surface area contributed by atoms with E-state index in [2.05, 4.69) is 51.9 Å². The van der Waals surface area contributed by atoms with Crippen LogP contribution in [0.15, 0.2) is 9.72 Å². The Morgan fingerprint density at radius 1 is 1.20 bits per heavy atom. The Hall–Kier alpha value is -0.0200. The molecule has 0 aliphatic heterocycles. The first-order valence-corrected chi connectivity index (χ1v) is 7.14. The monoisotopic (exact) mass is 243 g/mol. The molecule has 0 atom stereocenters. The first-order valence-electron chi connectivity index (χ1n) is 5.27. The van der Waals surface area contributed by atoms with Crippen LogP contribution in [0.5, 0.6) is 0 Å². The summed E-state index contributed by atoms with van der Waals surface area (Å²) >= 11 is 3.64. The molecule has 0 N–H and O–H groups in total. The fraction of sp³-hybridized carbons (Fsp3) is 0.750. The molecular formula is C12H21NS2. The lowest BCUT2D eigenvalue weighted by molar-refractivity contribution is 0.480. The van der Waals surface area contributed by atoms with Crippen LogP contribution < -0.4 is 0 Å². The summed E-state index contributed by atoms with van der Waals surface area (Å²) in [5.41, 5.74) is 1.76. The van der Waals surface area contributed by atoms with Gasteiger partial charge in [0.15, 0.2) is 0 Å². The van der Waals surface area contributed by atoms with Gasteiger partial charge in [0.25, 0.3) is 0 Å². The van der Waals surface area contributed by atoms with E-state index in [-0.39, 0.29) is 5.41 Å². The van der Waals surface area contributed by atoms with Crippen molar-refractivity contribution in [3.05, 3.63) is 11.1 Å². The zero-order valence-electron chi connectivity index (χ0n) is 10.5. The lowest BCUT2D eigenvalue weighted by Gasteiger charge is -2.16. The van der Waals surface area contributed by atoms with Crippen LogP contribution in [0.1, 0.15) is 47.2 Å². The van der Waals surface area contributed by atoms with Gasteiger partial charge in [0, 0.05) is 16.5 Å². The minimum atomic E-state index is 0.178. The number of thioether (sulfide) groups is 1. The van der Waals surface area contributed by atoms with E-state index in [1.165, 1.54) is 10.0 Å². The van der Waals surface area contributed by atoms with E-state index in [9.17, 15) is 0 Å². The summed E-state index contributed by atoms with van der Waals surface area (Å²) in [4.78, 5) is 4.67. The van der Waals surface area contributed by atoms with Gasteiger partial charge in [0.05, 0.1) is 5.69 Å². The second-order valence-electron chi connectivity index (χ2n) is 6.10. The van der Waals surface area contributed by atoms with Crippen LogP contribution in [0.25, 0.3) is 0 Å². The Balaban J connectivity index is 2.62. The molecule has 0 aromatic carbocycles. The third-order valence-electron chi connectivity index (χ3n) is 1.88. The first kappa shape index (κ1) is 13.0. The molecule has 1 aromatic rings. The Kier molecular flexibility index (Phi) is 3.88. The standard InChI is InChI=1S/C12H21NS2/c1-11(2,3)8-15-10-13-9(7-14-10)12(4,5)6/h7H,8H2,1-6H3. The van der Waals surface area contributed by atoms with Crippen LogP contribution in [0.3, 0.4) is 0 Å². The summed E-state index contributed by atoms with van der Waals surface area (Å²) in [5.74, 6) is 1.13. The Labute approximate surface area is 102 Å². The molecule has 15 heavy (non-hydrogen) atoms. The zero-order valence-corrected chi connectivity index (χ0v) is 12.2. The molecule has 3 heteroatoms. The molecule has 0 unspecified atom stereocenters. The molecule has 1 heterocycles. The van der Waals surface area contributed by atoms with Crippen LogP contribution in [-0.4, -0.2) is 10.7 Å². The number of aromatic nitrogens is 1. The summed E-state index contributed by atoms with van der Waals surface area (Å²) in [6, 6.07) is 0. The SMILES string of the molecule is CC(C)(C)CSc1nc(C(C)(C)C)cs1. The number of thiazole rings is 1. The lowest BCUT2D eigenvalue weighted by atomic mass is 9.93. The van der Waals surface area contributed by atoms with Gasteiger partial charge in [0.2, 0.25) is 0 Å². The molecule has 1 rings (SSSR count). The van der Waals surface area contributed by atoms with Crippen LogP contribution in [0.2, 0.25) is 0 Å². The summed E-state index contributed by atoms with van der Waals surface area (Å²) in [6.45, 7) is 13.4. The minimum Gasteiger partial charge on any atom is -0.234 e. The average Bonchev–Trinajstić information content (AvgIpc) is 2.45. The van der Waals surface area contributed by atoms with Gasteiger partial charge in [-0.1, -0.05) is 53.3 Å². The van der Waals surface area contributed by atoms with Crippen LogP contribution in [-0.2, 0) is 5.41 Å². The predicted molar refractivity (Wildman–Crippen MR) is 71.0 cm³/mol. The number of hydrogen-bond acceptors (Lipinski definition) is 3. The van der Waals surface area contributed by atoms with Crippen molar-refractivity contribution in [2.24, 2.45) is 5.41 Å². The Morgan fingerprint density at radius 3 is 2.20 bits per heavy atom. The lowest BCUT2D eigenvalue weighted by Crippen LogP contribution is -2.11. The van der Waals surface area contributed by atoms with Crippen LogP contribution in [0, 0.1) is 5.41 Å². The molecule has 0 aliphatic rings. The maximum atomic E-state index is 4.67. The third-order valence-corrected chi connectivity index (χ3v) is 4.51. The second-order valence-corrected chi connectivity index (χ2v) is 8.18. The highest BCUT2D eigenvalue weighted by Crippen LogP contribution is 2.32. The van der Waals surface area contributed by atoms with E-state index in [1.807, 2.05) is 11.8 Å². The summed E-state index contributed by atoms with van der Waals surface area (Å²) in [7, 11) is 0. The summed E-state index contributed by atoms with van der Waals surface area (Å²) in [6.07, 6.45) is 0. The molecule has 0 amide bonds. The summed E-state index contributed by atoms with van der Waals surface area (Å²) in [5, 5.41) is 2.19. The fourth-order valence-corrected chi connectivity index (χ4v) is 3.03. The van der Waals surface area contributed by atoms with Crippen LogP contribution in [0.4, 0.5) is 0 Å². The fourth-order valence-electron chi connectivity index (χ4n) is 0.946. The molecule has 86 valence electrons. The highest BCUT2D eigenvalue weighted by molar-refractivity contribution is 8.01. The van der Waals surface area contributed by atoms with Crippen molar-refractivity contribution in [2.75, 3.05) is 5.75 Å². The minimum absolute atomic E-state index is 0.178. The third kappa shape index (κ3) is 4.56. The normalized spacial score (nSPS) is 13.2. The summed E-state index contributed by atoms with van der Waals surface area (Å²) < 4.78 is 1.20. The average molecular weight is 243 g/mol. The topological polar surface area (TPSA) is 12.9 Å². The maximum absolute atomic E-state index is 4.67. The van der Waals surface area contributed by atoms with Gasteiger partial charge in [-0.2, -0.15) is 0 Å². The zero-order chi connectivity index (χ0) is 11.7. The maximum Gasteiger partial charge on any atom is 0.150 e. The van der Waals surface area contributed by atoms with E-state index in [1.54, 1.807) is 11.3 Å². The highest BCUT2D eigenvalue weighted by Gasteiger charge is 2.18. The van der Waals surface area contributed by atoms with Crippen molar-refractivity contribution < 1.29 is 0 Å². The van der Waals surface area contributed by atoms with Crippen molar-refractivity contribution in [2.45, 2.75) is 51.3 Å². The van der Waals surface area contributed by atoms with Gasteiger partial charge in [-0.05, 0) is 5.41 Å². The molecule has 0 spiro atoms. The number of nitrogens with zero attached hydrogens (tertiary/aromatic N) is 1. The van der Waals surface area contributed by atoms with Crippen molar-refractivity contribution in [1.29, 1.82) is 0 Å². The number of hydrogen-bond donors (Lipinski definition) is 0. The quantitative estimate of drug-likeness (QED) is 0.705. The molecule has 0 fully saturated rings. The largest absolute Gasteiger partial charge is 0.234 e. The molecular weight excluding hydrogens is 222 g/mol. The van der Waals surface area contributed by atoms with E-state index in [0.29, 0.717) is 5.41 Å². The molecule has 0 saturated carbocycles. The van der Waals surface area contributed by atoms with Gasteiger partial charge >= 0.3 is 0 Å². The van der Waals surface area contributed by atoms with E-state index in [4.69, 9.17) is 0 Å². The Bertz CT molecular complexity index is 315. The predicted octanol–water partition coefficient (Wildman–Crippen LogP) is 4.58.